The van der Waals surface area contributed by atoms with Gasteiger partial charge in [-0.1, -0.05) is 24.3 Å². The summed E-state index contributed by atoms with van der Waals surface area (Å²) in [5.41, 5.74) is 0.468. The lowest BCUT2D eigenvalue weighted by Gasteiger charge is -2.04. The minimum absolute atomic E-state index is 0.169. The summed E-state index contributed by atoms with van der Waals surface area (Å²) in [6.45, 7) is 1.75. The van der Waals surface area contributed by atoms with E-state index >= 15 is 0 Å². The van der Waals surface area contributed by atoms with E-state index in [4.69, 9.17) is 16.3 Å². The zero-order valence-electron chi connectivity index (χ0n) is 7.87. The molecule has 0 N–H and O–H groups in total. The third-order valence-corrected chi connectivity index (χ3v) is 2.00. The fourth-order valence-electron chi connectivity index (χ4n) is 0.911. The minimum Gasteiger partial charge on any atom is -0.423 e. The molecule has 0 heterocycles. The number of carbonyl (C=O) groups is 1. The highest BCUT2D eigenvalue weighted by Gasteiger charge is 2.09. The van der Waals surface area contributed by atoms with E-state index in [1.165, 1.54) is 0 Å². The van der Waals surface area contributed by atoms with Crippen molar-refractivity contribution in [3.8, 4) is 5.75 Å². The average molecular weight is 211 g/mol. The molecule has 0 atom stereocenters. The number of esters is 1. The number of benzene rings is 1. The number of hydrogen-bond acceptors (Lipinski definition) is 2. The van der Waals surface area contributed by atoms with Crippen molar-refractivity contribution < 1.29 is 9.53 Å². The third kappa shape index (κ3) is 2.89. The predicted molar refractivity (Wildman–Crippen MR) is 56.6 cm³/mol. The summed E-state index contributed by atoms with van der Waals surface area (Å²) >= 11 is 5.56. The molecule has 0 saturated carbocycles. The van der Waals surface area contributed by atoms with Crippen LogP contribution in [0, 0.1) is 0 Å². The zero-order chi connectivity index (χ0) is 10.4. The maximum atomic E-state index is 11.4. The van der Waals surface area contributed by atoms with E-state index in [9.17, 15) is 4.79 Å². The van der Waals surface area contributed by atoms with E-state index < -0.39 is 5.97 Å². The lowest BCUT2D eigenvalue weighted by molar-refractivity contribution is -0.130. The second kappa shape index (κ2) is 5.45. The highest BCUT2D eigenvalue weighted by molar-refractivity contribution is 6.22. The van der Waals surface area contributed by atoms with Gasteiger partial charge in [-0.05, 0) is 19.1 Å². The molecular formula is C11H11ClO2. The van der Waals surface area contributed by atoms with Gasteiger partial charge in [0.25, 0.3) is 0 Å². The van der Waals surface area contributed by atoms with Crippen LogP contribution in [-0.4, -0.2) is 11.8 Å². The van der Waals surface area contributed by atoms with Crippen LogP contribution >= 0.6 is 11.6 Å². The van der Waals surface area contributed by atoms with Gasteiger partial charge < -0.3 is 4.74 Å². The molecule has 2 nitrogen and oxygen atoms in total. The van der Waals surface area contributed by atoms with Crippen LogP contribution in [0.1, 0.15) is 6.92 Å². The Morgan fingerprint density at radius 3 is 2.57 bits per heavy atom. The fraction of sp³-hybridized carbons (Fsp3) is 0.182. The van der Waals surface area contributed by atoms with Gasteiger partial charge in [-0.2, -0.15) is 0 Å². The van der Waals surface area contributed by atoms with Crippen LogP contribution < -0.4 is 4.74 Å². The largest absolute Gasteiger partial charge is 0.423 e. The number of rotatable bonds is 3. The van der Waals surface area contributed by atoms with Gasteiger partial charge in [-0.15, -0.1) is 11.6 Å². The van der Waals surface area contributed by atoms with Crippen LogP contribution in [0.4, 0.5) is 0 Å². The van der Waals surface area contributed by atoms with E-state index in [-0.39, 0.29) is 5.88 Å². The number of hydrogen-bond donors (Lipinski definition) is 0. The molecule has 0 aromatic heterocycles. The average Bonchev–Trinajstić information content (AvgIpc) is 2.21. The standard InChI is InChI=1S/C11H11ClO2/c1-2-9(8-12)11(13)14-10-6-4-3-5-7-10/h2-7H,8H2,1H3. The molecule has 0 unspecified atom stereocenters. The van der Waals surface area contributed by atoms with Gasteiger partial charge in [-0.25, -0.2) is 4.79 Å². The summed E-state index contributed by atoms with van der Waals surface area (Å²) in [4.78, 5) is 11.4. The smallest absolute Gasteiger partial charge is 0.340 e. The highest BCUT2D eigenvalue weighted by atomic mass is 35.5. The maximum Gasteiger partial charge on any atom is 0.340 e. The number of carbonyl (C=O) groups excluding carboxylic acids is 1. The first kappa shape index (κ1) is 10.8. The predicted octanol–water partition coefficient (Wildman–Crippen LogP) is 2.78. The Morgan fingerprint density at radius 2 is 2.07 bits per heavy atom. The molecule has 0 aliphatic rings. The van der Waals surface area contributed by atoms with Crippen molar-refractivity contribution in [2.75, 3.05) is 5.88 Å². The SMILES string of the molecule is CC=C(CCl)C(=O)Oc1ccccc1. The molecule has 0 saturated heterocycles. The summed E-state index contributed by atoms with van der Waals surface area (Å²) in [5, 5.41) is 0. The molecule has 14 heavy (non-hydrogen) atoms. The van der Waals surface area contributed by atoms with Crippen LogP contribution in [0.5, 0.6) is 5.75 Å². The van der Waals surface area contributed by atoms with Crippen molar-refractivity contribution >= 4 is 17.6 Å². The molecule has 0 radical (unpaired) electrons. The van der Waals surface area contributed by atoms with Gasteiger partial charge in [0.1, 0.15) is 5.75 Å². The van der Waals surface area contributed by atoms with Crippen LogP contribution in [0.25, 0.3) is 0 Å². The highest BCUT2D eigenvalue weighted by Crippen LogP contribution is 2.11. The molecule has 0 amide bonds. The third-order valence-electron chi connectivity index (χ3n) is 1.71. The molecule has 0 fully saturated rings. The Labute approximate surface area is 88.1 Å². The number of allylic oxidation sites excluding steroid dienone is 1. The summed E-state index contributed by atoms with van der Waals surface area (Å²) < 4.78 is 5.07. The van der Waals surface area contributed by atoms with Crippen LogP contribution in [0.3, 0.4) is 0 Å². The van der Waals surface area contributed by atoms with E-state index in [1.807, 2.05) is 6.07 Å². The molecule has 0 spiro atoms. The molecule has 1 rings (SSSR count). The van der Waals surface area contributed by atoms with E-state index in [0.717, 1.165) is 0 Å². The lowest BCUT2D eigenvalue weighted by atomic mass is 10.3. The monoisotopic (exact) mass is 210 g/mol. The van der Waals surface area contributed by atoms with Crippen molar-refractivity contribution in [2.24, 2.45) is 0 Å². The van der Waals surface area contributed by atoms with Crippen molar-refractivity contribution in [1.29, 1.82) is 0 Å². The Balaban J connectivity index is 2.66. The Morgan fingerprint density at radius 1 is 1.43 bits per heavy atom. The molecular weight excluding hydrogens is 200 g/mol. The van der Waals surface area contributed by atoms with Gasteiger partial charge in [0.05, 0.1) is 5.88 Å². The summed E-state index contributed by atoms with van der Waals surface area (Å²) in [7, 11) is 0. The molecule has 1 aromatic carbocycles. The number of alkyl halides is 1. The van der Waals surface area contributed by atoms with E-state index in [2.05, 4.69) is 0 Å². The van der Waals surface area contributed by atoms with Gasteiger partial charge >= 0.3 is 5.97 Å². The molecule has 0 aliphatic heterocycles. The molecule has 0 aliphatic carbocycles. The topological polar surface area (TPSA) is 26.3 Å². The Bertz CT molecular complexity index is 330. The first-order valence-electron chi connectivity index (χ1n) is 4.26. The minimum atomic E-state index is -0.395. The van der Waals surface area contributed by atoms with Gasteiger partial charge in [0.15, 0.2) is 0 Å². The van der Waals surface area contributed by atoms with E-state index in [1.54, 1.807) is 37.3 Å². The fourth-order valence-corrected chi connectivity index (χ4v) is 1.17. The second-order valence-electron chi connectivity index (χ2n) is 2.65. The summed E-state index contributed by atoms with van der Waals surface area (Å²) in [6, 6.07) is 8.91. The molecule has 0 bridgehead atoms. The molecule has 1 aromatic rings. The summed E-state index contributed by atoms with van der Waals surface area (Å²) in [5.74, 6) is 0.304. The van der Waals surface area contributed by atoms with Crippen molar-refractivity contribution in [3.63, 3.8) is 0 Å². The lowest BCUT2D eigenvalue weighted by Crippen LogP contribution is -2.11. The van der Waals surface area contributed by atoms with Gasteiger partial charge in [0, 0.05) is 5.57 Å². The first-order chi connectivity index (χ1) is 6.77. The number of ether oxygens (including phenoxy) is 1. The van der Waals surface area contributed by atoms with Crippen LogP contribution in [0.2, 0.25) is 0 Å². The van der Waals surface area contributed by atoms with E-state index in [0.29, 0.717) is 11.3 Å². The maximum absolute atomic E-state index is 11.4. The normalized spacial score (nSPS) is 11.1. The Kier molecular flexibility index (Phi) is 4.20. The van der Waals surface area contributed by atoms with Crippen molar-refractivity contribution in [2.45, 2.75) is 6.92 Å². The quantitative estimate of drug-likeness (QED) is 0.332. The van der Waals surface area contributed by atoms with Crippen molar-refractivity contribution in [1.82, 2.24) is 0 Å². The summed E-state index contributed by atoms with van der Waals surface area (Å²) in [6.07, 6.45) is 1.65. The zero-order valence-corrected chi connectivity index (χ0v) is 8.62. The number of halogens is 1. The van der Waals surface area contributed by atoms with Crippen LogP contribution in [0.15, 0.2) is 42.0 Å². The number of para-hydroxylation sites is 1. The first-order valence-corrected chi connectivity index (χ1v) is 4.79. The molecule has 3 heteroatoms. The van der Waals surface area contributed by atoms with Gasteiger partial charge in [-0.3, -0.25) is 0 Å². The second-order valence-corrected chi connectivity index (χ2v) is 2.92. The van der Waals surface area contributed by atoms with Crippen LogP contribution in [-0.2, 0) is 4.79 Å². The molecule has 74 valence electrons. The Hall–Kier alpha value is -1.28. The van der Waals surface area contributed by atoms with Gasteiger partial charge in [0.2, 0.25) is 0 Å². The van der Waals surface area contributed by atoms with Crippen molar-refractivity contribution in [3.05, 3.63) is 42.0 Å².